The molecule has 0 saturated heterocycles. The van der Waals surface area contributed by atoms with E-state index in [1.54, 1.807) is 23.5 Å². The highest BCUT2D eigenvalue weighted by Gasteiger charge is 2.23. The summed E-state index contributed by atoms with van der Waals surface area (Å²) >= 11 is 1.54. The molecule has 24 heavy (non-hydrogen) atoms. The summed E-state index contributed by atoms with van der Waals surface area (Å²) in [5, 5.41) is 1.95. The second-order valence-corrected chi connectivity index (χ2v) is 8.42. The predicted octanol–water partition coefficient (Wildman–Crippen LogP) is 4.43. The topological polar surface area (TPSA) is 46.2 Å². The van der Waals surface area contributed by atoms with E-state index in [1.807, 2.05) is 67.8 Å². The fourth-order valence-corrected chi connectivity index (χ4v) is 4.66. The fourth-order valence-electron chi connectivity index (χ4n) is 2.50. The molecule has 0 fully saturated rings. The van der Waals surface area contributed by atoms with Gasteiger partial charge in [0.2, 0.25) is 10.0 Å². The molecule has 1 N–H and O–H groups in total. The van der Waals surface area contributed by atoms with Crippen LogP contribution in [0.2, 0.25) is 0 Å². The minimum atomic E-state index is -3.62. The van der Waals surface area contributed by atoms with E-state index in [9.17, 15) is 8.42 Å². The lowest BCUT2D eigenvalue weighted by molar-refractivity contribution is 0.573. The summed E-state index contributed by atoms with van der Waals surface area (Å²) in [6.45, 7) is 3.89. The van der Waals surface area contributed by atoms with E-state index in [4.69, 9.17) is 0 Å². The second kappa shape index (κ2) is 6.89. The average Bonchev–Trinajstić information content (AvgIpc) is 3.10. The summed E-state index contributed by atoms with van der Waals surface area (Å²) in [7, 11) is -3.62. The summed E-state index contributed by atoms with van der Waals surface area (Å²) in [5.41, 5.74) is 2.96. The minimum Gasteiger partial charge on any atom is -0.207 e. The molecule has 1 atom stereocenters. The van der Waals surface area contributed by atoms with Gasteiger partial charge in [-0.3, -0.25) is 0 Å². The van der Waals surface area contributed by atoms with E-state index < -0.39 is 16.1 Å². The zero-order valence-electron chi connectivity index (χ0n) is 13.6. The van der Waals surface area contributed by atoms with Crippen LogP contribution in [0.3, 0.4) is 0 Å². The number of thiophene rings is 1. The van der Waals surface area contributed by atoms with E-state index in [0.29, 0.717) is 4.90 Å². The maximum atomic E-state index is 12.9. The zero-order chi connectivity index (χ0) is 17.2. The highest BCUT2D eigenvalue weighted by Crippen LogP contribution is 2.28. The lowest BCUT2D eigenvalue weighted by Gasteiger charge is -2.18. The number of sulfonamides is 1. The molecule has 0 aliphatic carbocycles. The number of hydrogen-bond donors (Lipinski definition) is 1. The Kier molecular flexibility index (Phi) is 4.85. The Morgan fingerprint density at radius 2 is 1.67 bits per heavy atom. The van der Waals surface area contributed by atoms with Crippen LogP contribution in [-0.2, 0) is 10.0 Å². The molecule has 0 radical (unpaired) electrons. The summed E-state index contributed by atoms with van der Waals surface area (Å²) in [5.74, 6) is 0. The predicted molar refractivity (Wildman–Crippen MR) is 98.8 cm³/mol. The monoisotopic (exact) mass is 357 g/mol. The average molecular weight is 358 g/mol. The van der Waals surface area contributed by atoms with Crippen molar-refractivity contribution >= 4 is 21.4 Å². The van der Waals surface area contributed by atoms with Crippen molar-refractivity contribution in [3.8, 4) is 0 Å². The highest BCUT2D eigenvalue weighted by molar-refractivity contribution is 7.89. The maximum absolute atomic E-state index is 12.9. The minimum absolute atomic E-state index is 0.295. The summed E-state index contributed by atoms with van der Waals surface area (Å²) in [6.07, 6.45) is 0. The molecular formula is C19H19NO2S2. The van der Waals surface area contributed by atoms with Crippen LogP contribution >= 0.6 is 11.3 Å². The first-order valence-corrected chi connectivity index (χ1v) is 10.0. The molecular weight excluding hydrogens is 338 g/mol. The van der Waals surface area contributed by atoms with Crippen molar-refractivity contribution in [1.29, 1.82) is 0 Å². The third kappa shape index (κ3) is 3.59. The van der Waals surface area contributed by atoms with Gasteiger partial charge in [-0.15, -0.1) is 11.3 Å². The van der Waals surface area contributed by atoms with Crippen LogP contribution in [-0.4, -0.2) is 8.42 Å². The van der Waals surface area contributed by atoms with Gasteiger partial charge >= 0.3 is 0 Å². The van der Waals surface area contributed by atoms with Crippen molar-refractivity contribution in [3.63, 3.8) is 0 Å². The highest BCUT2D eigenvalue weighted by atomic mass is 32.2. The number of aryl methyl sites for hydroxylation is 2. The summed E-state index contributed by atoms with van der Waals surface area (Å²) < 4.78 is 28.6. The molecule has 0 spiro atoms. The van der Waals surface area contributed by atoms with Gasteiger partial charge in [0.05, 0.1) is 10.9 Å². The Morgan fingerprint density at radius 3 is 2.29 bits per heavy atom. The number of rotatable bonds is 5. The van der Waals surface area contributed by atoms with Gasteiger partial charge in [0.1, 0.15) is 0 Å². The van der Waals surface area contributed by atoms with Gasteiger partial charge in [-0.2, -0.15) is 4.72 Å². The molecule has 5 heteroatoms. The van der Waals surface area contributed by atoms with Crippen molar-refractivity contribution in [2.45, 2.75) is 24.8 Å². The van der Waals surface area contributed by atoms with E-state index in [0.717, 1.165) is 21.6 Å². The van der Waals surface area contributed by atoms with Gasteiger partial charge in [-0.05, 0) is 54.1 Å². The number of benzene rings is 2. The van der Waals surface area contributed by atoms with Crippen molar-refractivity contribution in [1.82, 2.24) is 4.72 Å². The Balaban J connectivity index is 1.99. The molecule has 0 saturated carbocycles. The van der Waals surface area contributed by atoms with E-state index >= 15 is 0 Å². The largest absolute Gasteiger partial charge is 0.241 e. The Hall–Kier alpha value is -1.95. The van der Waals surface area contributed by atoms with Crippen LogP contribution in [0.1, 0.15) is 27.6 Å². The molecule has 1 unspecified atom stereocenters. The lowest BCUT2D eigenvalue weighted by Crippen LogP contribution is -2.29. The second-order valence-electron chi connectivity index (χ2n) is 5.73. The molecule has 3 nitrogen and oxygen atoms in total. The molecule has 3 aromatic rings. The molecule has 0 amide bonds. The van der Waals surface area contributed by atoms with Gasteiger partial charge in [-0.25, -0.2) is 8.42 Å². The molecule has 2 aromatic carbocycles. The van der Waals surface area contributed by atoms with Crippen molar-refractivity contribution in [2.75, 3.05) is 0 Å². The molecule has 1 heterocycles. The SMILES string of the molecule is Cc1ccc(S(=O)(=O)NC(c2ccccc2)c2cccs2)cc1C. The molecule has 1 aromatic heterocycles. The molecule has 0 aliphatic rings. The van der Waals surface area contributed by atoms with Gasteiger partial charge in [-0.1, -0.05) is 42.5 Å². The van der Waals surface area contributed by atoms with Crippen molar-refractivity contribution < 1.29 is 8.42 Å². The quantitative estimate of drug-likeness (QED) is 0.734. The van der Waals surface area contributed by atoms with Gasteiger partial charge in [0.25, 0.3) is 0 Å². The fraction of sp³-hybridized carbons (Fsp3) is 0.158. The summed E-state index contributed by atoms with van der Waals surface area (Å²) in [4.78, 5) is 1.26. The maximum Gasteiger partial charge on any atom is 0.241 e. The summed E-state index contributed by atoms with van der Waals surface area (Å²) in [6, 6.07) is 18.3. The van der Waals surface area contributed by atoms with Crippen LogP contribution in [0.5, 0.6) is 0 Å². The Labute approximate surface area is 147 Å². The van der Waals surface area contributed by atoms with Crippen molar-refractivity contribution in [3.05, 3.63) is 87.6 Å². The van der Waals surface area contributed by atoms with Crippen LogP contribution < -0.4 is 4.72 Å². The first-order valence-electron chi connectivity index (χ1n) is 7.65. The molecule has 0 aliphatic heterocycles. The molecule has 3 rings (SSSR count). The first-order chi connectivity index (χ1) is 11.5. The Bertz CT molecular complexity index is 917. The van der Waals surface area contributed by atoms with Gasteiger partial charge < -0.3 is 0 Å². The lowest BCUT2D eigenvalue weighted by atomic mass is 10.1. The van der Waals surface area contributed by atoms with Crippen LogP contribution in [0, 0.1) is 13.8 Å². The molecule has 0 bridgehead atoms. The van der Waals surface area contributed by atoms with Crippen LogP contribution in [0.4, 0.5) is 0 Å². The third-order valence-corrected chi connectivity index (χ3v) is 6.38. The normalized spacial score (nSPS) is 12.9. The Morgan fingerprint density at radius 1 is 0.917 bits per heavy atom. The number of nitrogens with one attached hydrogen (secondary N) is 1. The van der Waals surface area contributed by atoms with Crippen LogP contribution in [0.15, 0.2) is 70.9 Å². The van der Waals surface area contributed by atoms with Gasteiger partial charge in [0.15, 0.2) is 0 Å². The third-order valence-electron chi connectivity index (χ3n) is 4.02. The zero-order valence-corrected chi connectivity index (χ0v) is 15.2. The number of hydrogen-bond acceptors (Lipinski definition) is 3. The van der Waals surface area contributed by atoms with E-state index in [2.05, 4.69) is 4.72 Å². The van der Waals surface area contributed by atoms with E-state index in [-0.39, 0.29) is 0 Å². The van der Waals surface area contributed by atoms with Gasteiger partial charge in [0, 0.05) is 4.88 Å². The molecule has 124 valence electrons. The van der Waals surface area contributed by atoms with Crippen LogP contribution in [0.25, 0.3) is 0 Å². The standard InChI is InChI=1S/C19H19NO2S2/c1-14-10-11-17(13-15(14)2)24(21,22)20-19(18-9-6-12-23-18)16-7-4-3-5-8-16/h3-13,19-20H,1-2H3. The first kappa shape index (κ1) is 16.9. The smallest absolute Gasteiger partial charge is 0.207 e. The van der Waals surface area contributed by atoms with Crippen molar-refractivity contribution in [2.24, 2.45) is 0 Å². The van der Waals surface area contributed by atoms with E-state index in [1.165, 1.54) is 0 Å².